The molecule has 0 fully saturated rings. The van der Waals surface area contributed by atoms with Crippen LogP contribution in [0.25, 0.3) is 0 Å². The predicted octanol–water partition coefficient (Wildman–Crippen LogP) is 2.15. The van der Waals surface area contributed by atoms with Gasteiger partial charge in [-0.2, -0.15) is 11.8 Å². The fourth-order valence-corrected chi connectivity index (χ4v) is 1.84. The van der Waals surface area contributed by atoms with E-state index in [-0.39, 0.29) is 5.69 Å². The van der Waals surface area contributed by atoms with E-state index in [0.717, 1.165) is 0 Å². The van der Waals surface area contributed by atoms with Gasteiger partial charge in [0.15, 0.2) is 0 Å². The number of carbonyl (C=O) groups is 2. The zero-order valence-corrected chi connectivity index (χ0v) is 11.2. The van der Waals surface area contributed by atoms with Gasteiger partial charge in [-0.3, -0.25) is 0 Å². The van der Waals surface area contributed by atoms with Gasteiger partial charge in [0.25, 0.3) is 0 Å². The van der Waals surface area contributed by atoms with Crippen LogP contribution in [0, 0.1) is 5.82 Å². The Labute approximate surface area is 114 Å². The first kappa shape index (κ1) is 15.3. The summed E-state index contributed by atoms with van der Waals surface area (Å²) in [7, 11) is 0. The molecule has 7 heteroatoms. The Hall–Kier alpha value is -1.76. The van der Waals surface area contributed by atoms with Crippen LogP contribution in [0.4, 0.5) is 14.9 Å². The summed E-state index contributed by atoms with van der Waals surface area (Å²) >= 11 is 1.49. The number of carboxylic acids is 1. The molecule has 3 N–H and O–H groups in total. The number of hydrogen-bond donors (Lipinski definition) is 3. The number of amides is 2. The molecule has 2 amide bonds. The summed E-state index contributed by atoms with van der Waals surface area (Å²) in [5.41, 5.74) is 0.00834. The van der Waals surface area contributed by atoms with Crippen molar-refractivity contribution in [1.29, 1.82) is 0 Å². The fourth-order valence-electron chi connectivity index (χ4n) is 1.37. The van der Waals surface area contributed by atoms with Crippen molar-refractivity contribution in [3.63, 3.8) is 0 Å². The van der Waals surface area contributed by atoms with Crippen molar-refractivity contribution >= 4 is 29.4 Å². The number of halogens is 1. The van der Waals surface area contributed by atoms with Crippen molar-refractivity contribution < 1.29 is 19.1 Å². The second-order valence-corrected chi connectivity index (χ2v) is 4.74. The largest absolute Gasteiger partial charge is 0.480 e. The van der Waals surface area contributed by atoms with Crippen molar-refractivity contribution in [3.8, 4) is 0 Å². The average molecular weight is 286 g/mol. The Kier molecular flexibility index (Phi) is 6.14. The predicted molar refractivity (Wildman–Crippen MR) is 73.0 cm³/mol. The van der Waals surface area contributed by atoms with Crippen molar-refractivity contribution in [1.82, 2.24) is 5.32 Å². The number of thioether (sulfide) groups is 1. The molecule has 0 unspecified atom stereocenters. The lowest BCUT2D eigenvalue weighted by Gasteiger charge is -2.14. The number of benzene rings is 1. The minimum Gasteiger partial charge on any atom is -0.480 e. The van der Waals surface area contributed by atoms with E-state index in [2.05, 4.69) is 10.6 Å². The molecule has 0 bridgehead atoms. The number of aliphatic carboxylic acids is 1. The molecule has 0 spiro atoms. The summed E-state index contributed by atoms with van der Waals surface area (Å²) in [4.78, 5) is 22.5. The number of urea groups is 1. The van der Waals surface area contributed by atoms with E-state index < -0.39 is 23.9 Å². The van der Waals surface area contributed by atoms with Crippen LogP contribution < -0.4 is 10.6 Å². The zero-order chi connectivity index (χ0) is 14.3. The van der Waals surface area contributed by atoms with Crippen LogP contribution in [0.5, 0.6) is 0 Å². The molecule has 1 rings (SSSR count). The van der Waals surface area contributed by atoms with Gasteiger partial charge in [-0.05, 0) is 30.6 Å². The third-order valence-corrected chi connectivity index (χ3v) is 2.98. The molecule has 1 aromatic rings. The number of anilines is 1. The molecule has 0 saturated heterocycles. The third kappa shape index (κ3) is 5.17. The van der Waals surface area contributed by atoms with Crippen LogP contribution in [0.2, 0.25) is 0 Å². The van der Waals surface area contributed by atoms with Crippen molar-refractivity contribution in [3.05, 3.63) is 30.1 Å². The SMILES string of the molecule is CSCC[C@@H](NC(=O)Nc1ccccc1F)C(=O)O. The van der Waals surface area contributed by atoms with Crippen LogP contribution in [0.3, 0.4) is 0 Å². The molecule has 1 atom stereocenters. The minimum atomic E-state index is -1.11. The van der Waals surface area contributed by atoms with E-state index in [9.17, 15) is 14.0 Å². The van der Waals surface area contributed by atoms with E-state index in [1.54, 1.807) is 6.07 Å². The first-order chi connectivity index (χ1) is 9.04. The molecule has 5 nitrogen and oxygen atoms in total. The Morgan fingerprint density at radius 1 is 1.42 bits per heavy atom. The summed E-state index contributed by atoms with van der Waals surface area (Å²) in [6.45, 7) is 0. The van der Waals surface area contributed by atoms with Gasteiger partial charge in [-0.15, -0.1) is 0 Å². The topological polar surface area (TPSA) is 78.4 Å². The van der Waals surface area contributed by atoms with Gasteiger partial charge in [0.1, 0.15) is 11.9 Å². The molecule has 104 valence electrons. The molecule has 0 aliphatic heterocycles. The van der Waals surface area contributed by atoms with Crippen molar-refractivity contribution in [2.45, 2.75) is 12.5 Å². The van der Waals surface area contributed by atoms with Gasteiger partial charge in [0.05, 0.1) is 5.69 Å². The second-order valence-electron chi connectivity index (χ2n) is 3.75. The van der Waals surface area contributed by atoms with E-state index in [0.29, 0.717) is 12.2 Å². The second kappa shape index (κ2) is 7.63. The summed E-state index contributed by atoms with van der Waals surface area (Å²) in [6.07, 6.45) is 2.15. The van der Waals surface area contributed by atoms with Crippen molar-refractivity contribution in [2.75, 3.05) is 17.3 Å². The third-order valence-electron chi connectivity index (χ3n) is 2.34. The molecular formula is C12H15FN2O3S. The number of rotatable bonds is 6. The standard InChI is InChI=1S/C12H15FN2O3S/c1-19-7-6-10(11(16)17)15-12(18)14-9-5-3-2-4-8(9)13/h2-5,10H,6-7H2,1H3,(H,16,17)(H2,14,15,18)/t10-/m1/s1. The van der Waals surface area contributed by atoms with Gasteiger partial charge in [0, 0.05) is 0 Å². The highest BCUT2D eigenvalue weighted by Crippen LogP contribution is 2.12. The smallest absolute Gasteiger partial charge is 0.326 e. The molecule has 0 aliphatic rings. The lowest BCUT2D eigenvalue weighted by molar-refractivity contribution is -0.139. The maximum Gasteiger partial charge on any atom is 0.326 e. The molecule has 1 aromatic carbocycles. The van der Waals surface area contributed by atoms with Crippen LogP contribution in [-0.2, 0) is 4.79 Å². The van der Waals surface area contributed by atoms with Gasteiger partial charge in [0.2, 0.25) is 0 Å². The van der Waals surface area contributed by atoms with E-state index >= 15 is 0 Å². The Balaban J connectivity index is 2.58. The maximum atomic E-state index is 13.3. The first-order valence-electron chi connectivity index (χ1n) is 5.58. The quantitative estimate of drug-likeness (QED) is 0.748. The van der Waals surface area contributed by atoms with Gasteiger partial charge in [-0.1, -0.05) is 12.1 Å². The lowest BCUT2D eigenvalue weighted by Crippen LogP contribution is -2.43. The number of para-hydroxylation sites is 1. The minimum absolute atomic E-state index is 0.00834. The van der Waals surface area contributed by atoms with E-state index in [1.165, 1.54) is 30.0 Å². The summed E-state index contributed by atoms with van der Waals surface area (Å²) in [5, 5.41) is 13.5. The van der Waals surface area contributed by atoms with E-state index in [4.69, 9.17) is 5.11 Å². The molecule has 0 radical (unpaired) electrons. The molecule has 19 heavy (non-hydrogen) atoms. The number of nitrogens with one attached hydrogen (secondary N) is 2. The Morgan fingerprint density at radius 2 is 2.11 bits per heavy atom. The Bertz CT molecular complexity index is 456. The van der Waals surface area contributed by atoms with E-state index in [1.807, 2.05) is 6.26 Å². The summed E-state index contributed by atoms with van der Waals surface area (Å²) < 4.78 is 13.3. The summed E-state index contributed by atoms with van der Waals surface area (Å²) in [5.74, 6) is -1.08. The number of carboxylic acid groups (broad SMARTS) is 1. The van der Waals surface area contributed by atoms with Crippen LogP contribution in [0.1, 0.15) is 6.42 Å². The van der Waals surface area contributed by atoms with Gasteiger partial charge in [-0.25, -0.2) is 14.0 Å². The Morgan fingerprint density at radius 3 is 2.68 bits per heavy atom. The highest BCUT2D eigenvalue weighted by atomic mass is 32.2. The van der Waals surface area contributed by atoms with Crippen LogP contribution >= 0.6 is 11.8 Å². The first-order valence-corrected chi connectivity index (χ1v) is 6.97. The fraction of sp³-hybridized carbons (Fsp3) is 0.333. The maximum absolute atomic E-state index is 13.3. The van der Waals surface area contributed by atoms with Gasteiger partial charge < -0.3 is 15.7 Å². The molecule has 0 saturated carbocycles. The summed E-state index contributed by atoms with van der Waals surface area (Å²) in [6, 6.07) is 3.95. The van der Waals surface area contributed by atoms with Crippen molar-refractivity contribution in [2.24, 2.45) is 0 Å². The number of carbonyl (C=O) groups excluding carboxylic acids is 1. The molecular weight excluding hydrogens is 271 g/mol. The van der Waals surface area contributed by atoms with Crippen LogP contribution in [-0.4, -0.2) is 35.2 Å². The lowest BCUT2D eigenvalue weighted by atomic mass is 10.2. The zero-order valence-electron chi connectivity index (χ0n) is 10.4. The molecule has 0 aromatic heterocycles. The van der Waals surface area contributed by atoms with Gasteiger partial charge >= 0.3 is 12.0 Å². The highest BCUT2D eigenvalue weighted by molar-refractivity contribution is 7.98. The monoisotopic (exact) mass is 286 g/mol. The highest BCUT2D eigenvalue weighted by Gasteiger charge is 2.19. The average Bonchev–Trinajstić information content (AvgIpc) is 2.37. The normalized spacial score (nSPS) is 11.7. The van der Waals surface area contributed by atoms with Crippen LogP contribution in [0.15, 0.2) is 24.3 Å². The molecule has 0 heterocycles. The number of hydrogen-bond acceptors (Lipinski definition) is 3. The molecule has 0 aliphatic carbocycles.